The zero-order valence-electron chi connectivity index (χ0n) is 18.9. The third kappa shape index (κ3) is 4.94. The number of para-hydroxylation sites is 1. The first-order valence-corrected chi connectivity index (χ1v) is 11.5. The van der Waals surface area contributed by atoms with E-state index in [0.717, 1.165) is 32.1 Å². The molecule has 1 aromatic heterocycles. The number of fused-ring (bicyclic) bond motifs is 1. The minimum Gasteiger partial charge on any atom is -0.490 e. The molecule has 0 radical (unpaired) electrons. The van der Waals surface area contributed by atoms with Crippen molar-refractivity contribution in [3.8, 4) is 5.75 Å². The molecule has 1 aliphatic carbocycles. The van der Waals surface area contributed by atoms with Crippen molar-refractivity contribution in [2.45, 2.75) is 64.4 Å². The lowest BCUT2D eigenvalue weighted by molar-refractivity contribution is -0.384. The highest BCUT2D eigenvalue weighted by atomic mass is 16.6. The Kier molecular flexibility index (Phi) is 6.82. The van der Waals surface area contributed by atoms with Crippen molar-refractivity contribution in [1.29, 1.82) is 0 Å². The van der Waals surface area contributed by atoms with E-state index in [2.05, 4.69) is 5.10 Å². The summed E-state index contributed by atoms with van der Waals surface area (Å²) in [4.78, 5) is 29.1. The molecule has 8 nitrogen and oxygen atoms in total. The van der Waals surface area contributed by atoms with Gasteiger partial charge < -0.3 is 4.74 Å². The van der Waals surface area contributed by atoms with Gasteiger partial charge in [-0.15, -0.1) is 0 Å². The van der Waals surface area contributed by atoms with Crippen molar-refractivity contribution < 1.29 is 9.66 Å². The number of hydrogen-bond acceptors (Lipinski definition) is 6. The fourth-order valence-electron chi connectivity index (χ4n) is 4.16. The molecule has 1 saturated carbocycles. The summed E-state index contributed by atoms with van der Waals surface area (Å²) in [6.45, 7) is 3.93. The summed E-state index contributed by atoms with van der Waals surface area (Å²) in [6.07, 6.45) is 7.47. The summed E-state index contributed by atoms with van der Waals surface area (Å²) in [5.41, 5.74) is 0.793. The molecule has 2 aromatic carbocycles. The third-order valence-corrected chi connectivity index (χ3v) is 6.17. The van der Waals surface area contributed by atoms with Crippen LogP contribution in [0.3, 0.4) is 0 Å². The van der Waals surface area contributed by atoms with Crippen LogP contribution in [0.5, 0.6) is 5.75 Å². The lowest BCUT2D eigenvalue weighted by Gasteiger charge is -2.22. The zero-order chi connectivity index (χ0) is 23.4. The van der Waals surface area contributed by atoms with Crippen LogP contribution in [-0.4, -0.2) is 26.9 Å². The molecule has 1 fully saturated rings. The van der Waals surface area contributed by atoms with E-state index >= 15 is 0 Å². The van der Waals surface area contributed by atoms with Crippen molar-refractivity contribution in [3.05, 3.63) is 74.3 Å². The maximum atomic E-state index is 13.4. The molecular weight excluding hydrogens is 420 g/mol. The molecule has 0 bridgehead atoms. The minimum absolute atomic E-state index is 0.0653. The molecule has 0 aliphatic heterocycles. The Morgan fingerprint density at radius 3 is 2.73 bits per heavy atom. The highest BCUT2D eigenvalue weighted by molar-refractivity contribution is 5.85. The Bertz CT molecular complexity index is 1240. The largest absolute Gasteiger partial charge is 0.490 e. The number of non-ortho nitro benzene ring substituents is 1. The van der Waals surface area contributed by atoms with E-state index < -0.39 is 4.92 Å². The summed E-state index contributed by atoms with van der Waals surface area (Å²) in [5.74, 6) is 1.28. The molecule has 1 heterocycles. The second kappa shape index (κ2) is 9.94. The van der Waals surface area contributed by atoms with Crippen LogP contribution >= 0.6 is 0 Å². The Morgan fingerprint density at radius 1 is 1.24 bits per heavy atom. The van der Waals surface area contributed by atoms with Crippen molar-refractivity contribution in [2.75, 3.05) is 0 Å². The number of ether oxygens (including phenoxy) is 1. The number of aromatic nitrogens is 2. The van der Waals surface area contributed by atoms with Gasteiger partial charge in [-0.25, -0.2) is 4.98 Å². The van der Waals surface area contributed by atoms with Gasteiger partial charge in [-0.2, -0.15) is 9.78 Å². The number of nitrogens with zero attached hydrogens (tertiary/aromatic N) is 4. The molecule has 1 atom stereocenters. The number of benzene rings is 2. The number of hydrogen-bond donors (Lipinski definition) is 0. The van der Waals surface area contributed by atoms with Gasteiger partial charge in [0.05, 0.1) is 28.1 Å². The SMILES string of the molecule is CC[C@@H](C)Oc1ccc([N+](=O)[O-])cc1C=Nn1c(C2CCCCC2)nc2ccccc2c1=O. The molecule has 0 amide bonds. The Labute approximate surface area is 192 Å². The van der Waals surface area contributed by atoms with Crippen molar-refractivity contribution in [1.82, 2.24) is 9.66 Å². The van der Waals surface area contributed by atoms with Gasteiger partial charge in [0.15, 0.2) is 0 Å². The molecule has 0 spiro atoms. The quantitative estimate of drug-likeness (QED) is 0.273. The van der Waals surface area contributed by atoms with Gasteiger partial charge in [0.1, 0.15) is 11.6 Å². The molecule has 0 N–H and O–H groups in total. The average Bonchev–Trinajstić information content (AvgIpc) is 2.84. The third-order valence-electron chi connectivity index (χ3n) is 6.17. The average molecular weight is 449 g/mol. The maximum absolute atomic E-state index is 13.4. The minimum atomic E-state index is -0.457. The van der Waals surface area contributed by atoms with Crippen molar-refractivity contribution in [2.24, 2.45) is 5.10 Å². The van der Waals surface area contributed by atoms with E-state index in [1.807, 2.05) is 26.0 Å². The first-order valence-electron chi connectivity index (χ1n) is 11.5. The molecule has 172 valence electrons. The van der Waals surface area contributed by atoms with Crippen LogP contribution in [0, 0.1) is 10.1 Å². The Morgan fingerprint density at radius 2 is 2.00 bits per heavy atom. The molecule has 4 rings (SSSR count). The lowest BCUT2D eigenvalue weighted by Crippen LogP contribution is -2.25. The normalized spacial score (nSPS) is 15.7. The predicted octanol–water partition coefficient (Wildman–Crippen LogP) is 5.41. The van der Waals surface area contributed by atoms with E-state index in [0.29, 0.717) is 28.0 Å². The van der Waals surface area contributed by atoms with Crippen LogP contribution in [-0.2, 0) is 0 Å². The number of nitro benzene ring substituents is 1. The molecule has 3 aromatic rings. The van der Waals surface area contributed by atoms with E-state index in [1.54, 1.807) is 18.2 Å². The van der Waals surface area contributed by atoms with Gasteiger partial charge in [-0.3, -0.25) is 14.9 Å². The van der Waals surface area contributed by atoms with Crippen LogP contribution in [0.25, 0.3) is 10.9 Å². The first kappa shape index (κ1) is 22.6. The van der Waals surface area contributed by atoms with Gasteiger partial charge in [0.25, 0.3) is 11.2 Å². The molecule has 0 unspecified atom stereocenters. The van der Waals surface area contributed by atoms with Gasteiger partial charge in [-0.1, -0.05) is 38.3 Å². The highest BCUT2D eigenvalue weighted by Crippen LogP contribution is 2.32. The standard InChI is InChI=1S/C25H28N4O4/c1-3-17(2)33-23-14-13-20(29(31)32)15-19(23)16-26-28-24(18-9-5-4-6-10-18)27-22-12-8-7-11-21(22)25(28)30/h7-8,11-18H,3-6,9-10H2,1-2H3/t17-/m1/s1. The van der Waals surface area contributed by atoms with Gasteiger partial charge in [-0.05, 0) is 44.4 Å². The lowest BCUT2D eigenvalue weighted by atomic mass is 9.88. The van der Waals surface area contributed by atoms with Crippen LogP contribution in [0.15, 0.2) is 52.4 Å². The molecule has 0 saturated heterocycles. The van der Waals surface area contributed by atoms with Gasteiger partial charge in [0, 0.05) is 23.6 Å². The van der Waals surface area contributed by atoms with Crippen LogP contribution in [0.1, 0.15) is 69.7 Å². The van der Waals surface area contributed by atoms with Crippen LogP contribution < -0.4 is 10.3 Å². The molecule has 33 heavy (non-hydrogen) atoms. The Hall–Kier alpha value is -3.55. The van der Waals surface area contributed by atoms with Crippen LogP contribution in [0.4, 0.5) is 5.69 Å². The summed E-state index contributed by atoms with van der Waals surface area (Å²) < 4.78 is 7.31. The van der Waals surface area contributed by atoms with E-state index in [1.165, 1.54) is 29.4 Å². The number of nitro groups is 1. The van der Waals surface area contributed by atoms with Crippen molar-refractivity contribution >= 4 is 22.8 Å². The van der Waals surface area contributed by atoms with E-state index in [-0.39, 0.29) is 23.3 Å². The van der Waals surface area contributed by atoms with E-state index in [9.17, 15) is 14.9 Å². The summed E-state index contributed by atoms with van der Waals surface area (Å²) >= 11 is 0. The highest BCUT2D eigenvalue weighted by Gasteiger charge is 2.22. The summed E-state index contributed by atoms with van der Waals surface area (Å²) in [6, 6.07) is 11.7. The maximum Gasteiger partial charge on any atom is 0.282 e. The second-order valence-electron chi connectivity index (χ2n) is 8.50. The molecule has 8 heteroatoms. The predicted molar refractivity (Wildman–Crippen MR) is 128 cm³/mol. The monoisotopic (exact) mass is 448 g/mol. The zero-order valence-corrected chi connectivity index (χ0v) is 18.9. The van der Waals surface area contributed by atoms with Gasteiger partial charge >= 0.3 is 0 Å². The molecule has 1 aliphatic rings. The topological polar surface area (TPSA) is 99.6 Å². The number of rotatable bonds is 7. The van der Waals surface area contributed by atoms with Gasteiger partial charge in [0.2, 0.25) is 0 Å². The fourth-order valence-corrected chi connectivity index (χ4v) is 4.16. The summed E-state index contributed by atoms with van der Waals surface area (Å²) in [7, 11) is 0. The Balaban J connectivity index is 1.83. The second-order valence-corrected chi connectivity index (χ2v) is 8.50. The molecular formula is C25H28N4O4. The van der Waals surface area contributed by atoms with Crippen LogP contribution in [0.2, 0.25) is 0 Å². The smallest absolute Gasteiger partial charge is 0.282 e. The fraction of sp³-hybridized carbons (Fsp3) is 0.400. The first-order chi connectivity index (χ1) is 16.0. The van der Waals surface area contributed by atoms with E-state index in [4.69, 9.17) is 9.72 Å². The summed E-state index contributed by atoms with van der Waals surface area (Å²) in [5, 5.41) is 16.3. The van der Waals surface area contributed by atoms with Crippen molar-refractivity contribution in [3.63, 3.8) is 0 Å².